The van der Waals surface area contributed by atoms with Crippen molar-refractivity contribution in [1.29, 1.82) is 0 Å². The van der Waals surface area contributed by atoms with Crippen LogP contribution >= 0.6 is 0 Å². The van der Waals surface area contributed by atoms with E-state index in [-0.39, 0.29) is 17.3 Å². The molecule has 0 aromatic heterocycles. The largest absolute Gasteiger partial charge is 0.463 e. The summed E-state index contributed by atoms with van der Waals surface area (Å²) < 4.78 is 5.22. The molecule has 138 valence electrons. The lowest BCUT2D eigenvalue weighted by Gasteiger charge is -2.59. The second-order valence-corrected chi connectivity index (χ2v) is 7.43. The van der Waals surface area contributed by atoms with Gasteiger partial charge in [0.1, 0.15) is 5.66 Å². The molecule has 2 atom stereocenters. The van der Waals surface area contributed by atoms with Crippen LogP contribution in [0.1, 0.15) is 51.5 Å². The molecule has 0 aliphatic carbocycles. The number of nitrogens with one attached hydrogen (secondary N) is 1. The standard InChI is InChI=1S/C21H26N2O3/c1-3-20-11-7-13-22-21(20)16(14-19(25)26-4-2)15-8-5-6-9-17(15)23(21)18(24)10-12-20/h5-6,8-9,14,22H,3-4,7,10-13H2,1-2H3/b16-14-/t20-,21?/m1/s1. The van der Waals surface area contributed by atoms with Crippen molar-refractivity contribution in [3.8, 4) is 0 Å². The van der Waals surface area contributed by atoms with Crippen molar-refractivity contribution >= 4 is 23.1 Å². The Bertz CT molecular complexity index is 787. The number of amides is 1. The summed E-state index contributed by atoms with van der Waals surface area (Å²) in [6.07, 6.45) is 6.11. The molecule has 1 amide bonds. The molecule has 3 aliphatic rings. The van der Waals surface area contributed by atoms with E-state index < -0.39 is 5.66 Å². The average Bonchev–Trinajstić information content (AvgIpc) is 2.93. The highest BCUT2D eigenvalue weighted by atomic mass is 16.5. The molecule has 1 aromatic rings. The van der Waals surface area contributed by atoms with Gasteiger partial charge in [-0.25, -0.2) is 4.79 Å². The van der Waals surface area contributed by atoms with Gasteiger partial charge in [-0.2, -0.15) is 0 Å². The van der Waals surface area contributed by atoms with Crippen LogP contribution in [0.2, 0.25) is 0 Å². The number of carbonyl (C=O) groups excluding carboxylic acids is 2. The summed E-state index contributed by atoms with van der Waals surface area (Å²) in [6.45, 7) is 5.18. The molecule has 4 rings (SSSR count). The maximum absolute atomic E-state index is 13.0. The van der Waals surface area contributed by atoms with E-state index >= 15 is 0 Å². The molecule has 5 heteroatoms. The van der Waals surface area contributed by atoms with Gasteiger partial charge in [0.15, 0.2) is 0 Å². The van der Waals surface area contributed by atoms with Crippen molar-refractivity contribution in [2.24, 2.45) is 5.41 Å². The van der Waals surface area contributed by atoms with Gasteiger partial charge in [0.05, 0.1) is 12.3 Å². The maximum atomic E-state index is 13.0. The first kappa shape index (κ1) is 17.3. The predicted molar refractivity (Wildman–Crippen MR) is 100 cm³/mol. The molecule has 3 aliphatic heterocycles. The third-order valence-electron chi connectivity index (χ3n) is 6.43. The molecule has 2 saturated heterocycles. The minimum absolute atomic E-state index is 0.0729. The van der Waals surface area contributed by atoms with E-state index in [2.05, 4.69) is 12.2 Å². The zero-order chi connectivity index (χ0) is 18.4. The Labute approximate surface area is 154 Å². The van der Waals surface area contributed by atoms with Gasteiger partial charge < -0.3 is 4.74 Å². The van der Waals surface area contributed by atoms with Crippen molar-refractivity contribution < 1.29 is 14.3 Å². The number of anilines is 1. The average molecular weight is 354 g/mol. The fourth-order valence-corrected chi connectivity index (χ4v) is 5.33. The first-order valence-corrected chi connectivity index (χ1v) is 9.66. The summed E-state index contributed by atoms with van der Waals surface area (Å²) in [6, 6.07) is 7.92. The molecule has 2 fully saturated rings. The summed E-state index contributed by atoms with van der Waals surface area (Å²) in [5, 5.41) is 3.69. The molecule has 0 bridgehead atoms. The summed E-state index contributed by atoms with van der Waals surface area (Å²) in [5.41, 5.74) is 2.03. The Hall–Kier alpha value is -2.14. The number of benzene rings is 1. The zero-order valence-electron chi connectivity index (χ0n) is 15.5. The quantitative estimate of drug-likeness (QED) is 0.669. The van der Waals surface area contributed by atoms with Crippen LogP contribution in [0, 0.1) is 5.41 Å². The second kappa shape index (κ2) is 6.23. The SMILES string of the molecule is CCOC(=O)/C=C1/c2ccccc2N2C(=O)CC[C@@]3(CC)CCCNC123. The van der Waals surface area contributed by atoms with E-state index in [1.54, 1.807) is 6.08 Å². The van der Waals surface area contributed by atoms with Gasteiger partial charge >= 0.3 is 5.97 Å². The topological polar surface area (TPSA) is 58.6 Å². The van der Waals surface area contributed by atoms with Crippen LogP contribution < -0.4 is 10.2 Å². The van der Waals surface area contributed by atoms with E-state index in [9.17, 15) is 9.59 Å². The Kier molecular flexibility index (Phi) is 4.14. The highest BCUT2D eigenvalue weighted by Gasteiger charge is 2.64. The maximum Gasteiger partial charge on any atom is 0.331 e. The van der Waals surface area contributed by atoms with Crippen LogP contribution in [0.15, 0.2) is 30.3 Å². The molecule has 0 radical (unpaired) electrons. The lowest BCUT2D eigenvalue weighted by Crippen LogP contribution is -2.73. The highest BCUT2D eigenvalue weighted by molar-refractivity contribution is 6.10. The van der Waals surface area contributed by atoms with Gasteiger partial charge in [-0.15, -0.1) is 0 Å². The smallest absolute Gasteiger partial charge is 0.331 e. The Morgan fingerprint density at radius 3 is 2.88 bits per heavy atom. The molecule has 26 heavy (non-hydrogen) atoms. The lowest BCUT2D eigenvalue weighted by molar-refractivity contribution is -0.137. The second-order valence-electron chi connectivity index (χ2n) is 7.43. The van der Waals surface area contributed by atoms with Crippen molar-refractivity contribution in [3.05, 3.63) is 35.9 Å². The number of fused-ring (bicyclic) bond motifs is 2. The summed E-state index contributed by atoms with van der Waals surface area (Å²) >= 11 is 0. The monoisotopic (exact) mass is 354 g/mol. The number of piperidine rings is 2. The third-order valence-corrected chi connectivity index (χ3v) is 6.43. The number of rotatable bonds is 3. The summed E-state index contributed by atoms with van der Waals surface area (Å²) in [5.74, 6) is -0.216. The van der Waals surface area contributed by atoms with Gasteiger partial charge in [-0.05, 0) is 45.2 Å². The molecule has 1 unspecified atom stereocenters. The van der Waals surface area contributed by atoms with Crippen molar-refractivity contribution in [2.45, 2.75) is 51.6 Å². The molecule has 0 saturated carbocycles. The van der Waals surface area contributed by atoms with Gasteiger partial charge in [0, 0.05) is 29.0 Å². The molecule has 1 aromatic carbocycles. The first-order chi connectivity index (χ1) is 12.6. The number of hydrogen-bond donors (Lipinski definition) is 1. The molecule has 5 nitrogen and oxygen atoms in total. The van der Waals surface area contributed by atoms with E-state index in [1.165, 1.54) is 0 Å². The Morgan fingerprint density at radius 1 is 1.31 bits per heavy atom. The van der Waals surface area contributed by atoms with Crippen LogP contribution in [0.25, 0.3) is 5.57 Å². The number of carbonyl (C=O) groups is 2. The van der Waals surface area contributed by atoms with Gasteiger partial charge in [-0.1, -0.05) is 25.1 Å². The number of para-hydroxylation sites is 1. The normalized spacial score (nSPS) is 31.4. The first-order valence-electron chi connectivity index (χ1n) is 9.66. The van der Waals surface area contributed by atoms with Crippen LogP contribution in [-0.4, -0.2) is 30.7 Å². The predicted octanol–water partition coefficient (Wildman–Crippen LogP) is 3.25. The minimum atomic E-state index is -0.647. The van der Waals surface area contributed by atoms with Crippen LogP contribution in [-0.2, 0) is 14.3 Å². The molecule has 1 N–H and O–H groups in total. The van der Waals surface area contributed by atoms with Gasteiger partial charge in [0.2, 0.25) is 5.91 Å². The number of esters is 1. The van der Waals surface area contributed by atoms with Gasteiger partial charge in [-0.3, -0.25) is 15.0 Å². The highest BCUT2D eigenvalue weighted by Crippen LogP contribution is 2.61. The van der Waals surface area contributed by atoms with Crippen molar-refractivity contribution in [1.82, 2.24) is 5.32 Å². The molecule has 1 spiro atoms. The van der Waals surface area contributed by atoms with Crippen LogP contribution in [0.4, 0.5) is 5.69 Å². The number of nitrogens with zero attached hydrogens (tertiary/aromatic N) is 1. The van der Waals surface area contributed by atoms with E-state index in [1.807, 2.05) is 36.1 Å². The molecule has 3 heterocycles. The lowest BCUT2D eigenvalue weighted by atomic mass is 9.60. The van der Waals surface area contributed by atoms with Crippen molar-refractivity contribution in [3.63, 3.8) is 0 Å². The van der Waals surface area contributed by atoms with Crippen LogP contribution in [0.3, 0.4) is 0 Å². The van der Waals surface area contributed by atoms with Crippen LogP contribution in [0.5, 0.6) is 0 Å². The number of ether oxygens (including phenoxy) is 1. The van der Waals surface area contributed by atoms with E-state index in [0.717, 1.165) is 49.1 Å². The summed E-state index contributed by atoms with van der Waals surface area (Å²) in [7, 11) is 0. The fraction of sp³-hybridized carbons (Fsp3) is 0.524. The summed E-state index contributed by atoms with van der Waals surface area (Å²) in [4.78, 5) is 27.4. The number of hydrogen-bond acceptors (Lipinski definition) is 4. The van der Waals surface area contributed by atoms with E-state index in [4.69, 9.17) is 4.74 Å². The molecular weight excluding hydrogens is 328 g/mol. The third kappa shape index (κ3) is 2.13. The molecular formula is C21H26N2O3. The zero-order valence-corrected chi connectivity index (χ0v) is 15.5. The van der Waals surface area contributed by atoms with E-state index in [0.29, 0.717) is 13.0 Å². The Morgan fingerprint density at radius 2 is 2.12 bits per heavy atom. The fourth-order valence-electron chi connectivity index (χ4n) is 5.33. The minimum Gasteiger partial charge on any atom is -0.463 e. The van der Waals surface area contributed by atoms with Crippen molar-refractivity contribution in [2.75, 3.05) is 18.1 Å². The Balaban J connectivity index is 1.99. The van der Waals surface area contributed by atoms with Gasteiger partial charge in [0.25, 0.3) is 0 Å².